The number of nitrogens with one attached hydrogen (secondary N) is 1. The van der Waals surface area contributed by atoms with E-state index in [0.29, 0.717) is 46.9 Å². The fraction of sp³-hybridized carbons (Fsp3) is 0.300. The fourth-order valence-corrected chi connectivity index (χ4v) is 4.45. The first-order valence-electron chi connectivity index (χ1n) is 9.16. The molecule has 146 valence electrons. The molecule has 0 unspecified atom stereocenters. The van der Waals surface area contributed by atoms with Crippen LogP contribution in [-0.2, 0) is 22.9 Å². The number of sulfonamides is 1. The summed E-state index contributed by atoms with van der Waals surface area (Å²) in [5.41, 5.74) is 4.02. The number of anilines is 2. The fourth-order valence-electron chi connectivity index (χ4n) is 3.46. The molecule has 1 aromatic heterocycles. The minimum atomic E-state index is -3.33. The third-order valence-corrected chi connectivity index (χ3v) is 5.99. The number of rotatable bonds is 4. The Kier molecular flexibility index (Phi) is 4.58. The van der Waals surface area contributed by atoms with Crippen molar-refractivity contribution in [3.8, 4) is 0 Å². The molecule has 4 rings (SSSR count). The average Bonchev–Trinajstić information content (AvgIpc) is 3.08. The van der Waals surface area contributed by atoms with E-state index in [1.807, 2.05) is 6.92 Å². The van der Waals surface area contributed by atoms with Crippen molar-refractivity contribution in [3.05, 3.63) is 53.4 Å². The number of hydrogen-bond acceptors (Lipinski definition) is 5. The van der Waals surface area contributed by atoms with E-state index < -0.39 is 10.0 Å². The first kappa shape index (κ1) is 18.5. The average molecular weight is 399 g/mol. The van der Waals surface area contributed by atoms with Gasteiger partial charge in [-0.3, -0.25) is 9.10 Å². The maximum Gasteiger partial charge on any atom is 0.255 e. The third-order valence-electron chi connectivity index (χ3n) is 4.81. The number of nitrogens with zero attached hydrogens (tertiary/aromatic N) is 2. The number of carbonyl (C=O) groups is 1. The zero-order valence-electron chi connectivity index (χ0n) is 15.7. The van der Waals surface area contributed by atoms with E-state index in [9.17, 15) is 13.2 Å². The summed E-state index contributed by atoms with van der Waals surface area (Å²) in [4.78, 5) is 17.1. The lowest BCUT2D eigenvalue weighted by molar-refractivity contribution is 0.102. The van der Waals surface area contributed by atoms with Gasteiger partial charge in [-0.15, -0.1) is 0 Å². The van der Waals surface area contributed by atoms with Crippen LogP contribution in [0, 0.1) is 0 Å². The second kappa shape index (κ2) is 6.94. The van der Waals surface area contributed by atoms with Crippen LogP contribution in [-0.4, -0.2) is 32.1 Å². The van der Waals surface area contributed by atoms with Crippen molar-refractivity contribution in [3.63, 3.8) is 0 Å². The van der Waals surface area contributed by atoms with Gasteiger partial charge in [0.2, 0.25) is 10.0 Å². The molecule has 0 bridgehead atoms. The lowest BCUT2D eigenvalue weighted by Crippen LogP contribution is -2.34. The second-order valence-corrected chi connectivity index (χ2v) is 8.79. The van der Waals surface area contributed by atoms with Crippen LogP contribution in [0.4, 0.5) is 11.4 Å². The van der Waals surface area contributed by atoms with Gasteiger partial charge in [0.25, 0.3) is 5.91 Å². The minimum Gasteiger partial charge on any atom is -0.441 e. The highest BCUT2D eigenvalue weighted by atomic mass is 32.2. The molecular formula is C20H21N3O4S. The Bertz CT molecular complexity index is 1170. The first-order chi connectivity index (χ1) is 13.3. The van der Waals surface area contributed by atoms with Crippen molar-refractivity contribution in [2.24, 2.45) is 0 Å². The van der Waals surface area contributed by atoms with Crippen LogP contribution in [0.1, 0.15) is 35.2 Å². The molecule has 1 N–H and O–H groups in total. The molecule has 7 nitrogen and oxygen atoms in total. The molecular weight excluding hydrogens is 378 g/mol. The summed E-state index contributed by atoms with van der Waals surface area (Å²) in [6.07, 6.45) is 3.38. The van der Waals surface area contributed by atoms with Crippen molar-refractivity contribution in [1.82, 2.24) is 4.98 Å². The molecule has 0 radical (unpaired) electrons. The highest BCUT2D eigenvalue weighted by Gasteiger charge is 2.24. The van der Waals surface area contributed by atoms with Gasteiger partial charge in [-0.1, -0.05) is 6.92 Å². The van der Waals surface area contributed by atoms with Crippen LogP contribution in [0.3, 0.4) is 0 Å². The van der Waals surface area contributed by atoms with Gasteiger partial charge >= 0.3 is 0 Å². The van der Waals surface area contributed by atoms with Gasteiger partial charge in [-0.05, 0) is 54.8 Å². The smallest absolute Gasteiger partial charge is 0.255 e. The topological polar surface area (TPSA) is 92.5 Å². The SMILES string of the molecule is CCc1nc2cc(NC(=O)c3ccc4c(c3)CCCN4S(C)(=O)=O)ccc2o1. The molecule has 2 heterocycles. The van der Waals surface area contributed by atoms with E-state index >= 15 is 0 Å². The Morgan fingerprint density at radius 3 is 2.82 bits per heavy atom. The predicted octanol–water partition coefficient (Wildman–Crippen LogP) is 3.35. The normalized spacial score (nSPS) is 14.1. The minimum absolute atomic E-state index is 0.252. The van der Waals surface area contributed by atoms with Crippen molar-refractivity contribution in [2.45, 2.75) is 26.2 Å². The zero-order chi connectivity index (χ0) is 19.9. The van der Waals surface area contributed by atoms with E-state index in [0.717, 1.165) is 18.4 Å². The molecule has 0 saturated heterocycles. The van der Waals surface area contributed by atoms with Crippen LogP contribution in [0.15, 0.2) is 40.8 Å². The van der Waals surface area contributed by atoms with Gasteiger partial charge < -0.3 is 9.73 Å². The van der Waals surface area contributed by atoms with Gasteiger partial charge in [0.15, 0.2) is 11.5 Å². The van der Waals surface area contributed by atoms with E-state index in [1.54, 1.807) is 36.4 Å². The number of fused-ring (bicyclic) bond motifs is 2. The van der Waals surface area contributed by atoms with E-state index in [2.05, 4.69) is 10.3 Å². The number of amides is 1. The molecule has 1 aliphatic rings. The molecule has 0 atom stereocenters. The van der Waals surface area contributed by atoms with Gasteiger partial charge in [0, 0.05) is 24.2 Å². The standard InChI is InChI=1S/C20H21N3O4S/c1-3-19-22-16-12-15(7-9-18(16)27-19)21-20(24)14-6-8-17-13(11-14)5-4-10-23(17)28(2,25)26/h6-9,11-12H,3-5,10H2,1-2H3,(H,21,24). The summed E-state index contributed by atoms with van der Waals surface area (Å²) in [5, 5.41) is 2.87. The maximum absolute atomic E-state index is 12.7. The number of aryl methyl sites for hydroxylation is 2. The van der Waals surface area contributed by atoms with Crippen LogP contribution < -0.4 is 9.62 Å². The van der Waals surface area contributed by atoms with Crippen LogP contribution in [0.2, 0.25) is 0 Å². The van der Waals surface area contributed by atoms with Gasteiger partial charge in [0.1, 0.15) is 5.52 Å². The quantitative estimate of drug-likeness (QED) is 0.726. The predicted molar refractivity (Wildman–Crippen MR) is 108 cm³/mol. The summed E-state index contributed by atoms with van der Waals surface area (Å²) < 4.78 is 30.9. The monoisotopic (exact) mass is 399 g/mol. The van der Waals surface area contributed by atoms with Crippen molar-refractivity contribution < 1.29 is 17.6 Å². The molecule has 3 aromatic rings. The molecule has 1 aliphatic heterocycles. The Balaban J connectivity index is 1.59. The molecule has 1 amide bonds. The number of aromatic nitrogens is 1. The number of carbonyl (C=O) groups excluding carboxylic acids is 1. The molecule has 2 aromatic carbocycles. The maximum atomic E-state index is 12.7. The zero-order valence-corrected chi connectivity index (χ0v) is 16.5. The van der Waals surface area contributed by atoms with Crippen molar-refractivity contribution in [2.75, 3.05) is 22.4 Å². The third kappa shape index (κ3) is 3.47. The van der Waals surface area contributed by atoms with Gasteiger partial charge in [-0.25, -0.2) is 13.4 Å². The molecule has 0 saturated carbocycles. The second-order valence-electron chi connectivity index (χ2n) is 6.88. The van der Waals surface area contributed by atoms with E-state index in [-0.39, 0.29) is 5.91 Å². The lowest BCUT2D eigenvalue weighted by Gasteiger charge is -2.29. The first-order valence-corrected chi connectivity index (χ1v) is 11.0. The highest BCUT2D eigenvalue weighted by molar-refractivity contribution is 7.92. The largest absolute Gasteiger partial charge is 0.441 e. The summed E-state index contributed by atoms with van der Waals surface area (Å²) >= 11 is 0. The van der Waals surface area contributed by atoms with E-state index in [1.165, 1.54) is 10.6 Å². The van der Waals surface area contributed by atoms with Crippen LogP contribution in [0.25, 0.3) is 11.1 Å². The van der Waals surface area contributed by atoms with Gasteiger partial charge in [0.05, 0.1) is 11.9 Å². The molecule has 8 heteroatoms. The Labute approximate surface area is 163 Å². The Morgan fingerprint density at radius 1 is 1.25 bits per heavy atom. The molecule has 0 spiro atoms. The lowest BCUT2D eigenvalue weighted by atomic mass is 10.0. The van der Waals surface area contributed by atoms with Crippen LogP contribution in [0.5, 0.6) is 0 Å². The number of benzene rings is 2. The molecule has 0 fully saturated rings. The summed E-state index contributed by atoms with van der Waals surface area (Å²) in [6.45, 7) is 2.43. The molecule has 28 heavy (non-hydrogen) atoms. The van der Waals surface area contributed by atoms with Gasteiger partial charge in [-0.2, -0.15) is 0 Å². The summed E-state index contributed by atoms with van der Waals surface area (Å²) in [7, 11) is -3.33. The van der Waals surface area contributed by atoms with E-state index in [4.69, 9.17) is 4.42 Å². The summed E-state index contributed by atoms with van der Waals surface area (Å²) in [5.74, 6) is 0.404. The Morgan fingerprint density at radius 2 is 2.07 bits per heavy atom. The number of oxazole rings is 1. The highest BCUT2D eigenvalue weighted by Crippen LogP contribution is 2.30. The van der Waals surface area contributed by atoms with Crippen LogP contribution >= 0.6 is 0 Å². The molecule has 0 aliphatic carbocycles. The van der Waals surface area contributed by atoms with Crippen molar-refractivity contribution in [1.29, 1.82) is 0 Å². The summed E-state index contributed by atoms with van der Waals surface area (Å²) in [6, 6.07) is 10.5. The Hall–Kier alpha value is -2.87. The number of hydrogen-bond donors (Lipinski definition) is 1. The van der Waals surface area contributed by atoms with Crippen molar-refractivity contribution >= 4 is 38.4 Å².